The van der Waals surface area contributed by atoms with Gasteiger partial charge in [-0.15, -0.1) is 0 Å². The Hall–Kier alpha value is -1.85. The summed E-state index contributed by atoms with van der Waals surface area (Å²) in [6.07, 6.45) is 2.18. The normalized spacial score (nSPS) is 14.1. The lowest BCUT2D eigenvalue weighted by atomic mass is 10.4. The molecule has 0 spiro atoms. The van der Waals surface area contributed by atoms with Crippen LogP contribution in [0.4, 0.5) is 5.82 Å². The Morgan fingerprint density at radius 3 is 2.94 bits per heavy atom. The number of carbonyl (C=O) groups is 1. The number of hydrogen-bond acceptors (Lipinski definition) is 5. The van der Waals surface area contributed by atoms with Crippen molar-refractivity contribution in [3.05, 3.63) is 11.9 Å². The Labute approximate surface area is 106 Å². The molecule has 1 aliphatic carbocycles. The molecule has 18 heavy (non-hydrogen) atoms. The lowest BCUT2D eigenvalue weighted by Gasteiger charge is -2.08. The maximum atomic E-state index is 11.5. The van der Waals surface area contributed by atoms with Crippen molar-refractivity contribution in [2.75, 3.05) is 18.5 Å². The molecular weight excluding hydrogens is 232 g/mol. The van der Waals surface area contributed by atoms with Crippen molar-refractivity contribution in [2.24, 2.45) is 0 Å². The summed E-state index contributed by atoms with van der Waals surface area (Å²) in [4.78, 5) is 19.8. The molecular formula is C12H18N4O2. The molecule has 0 saturated heterocycles. The summed E-state index contributed by atoms with van der Waals surface area (Å²) in [5.74, 6) is 1.74. The Bertz CT molecular complexity index is 432. The van der Waals surface area contributed by atoms with Crippen molar-refractivity contribution in [1.29, 1.82) is 0 Å². The standard InChI is InChI=1S/C12H18N4O2/c1-3-18-12-6-10(14-8(2)15-12)13-7-11(17)16-9-4-5-9/h6,9H,3-5,7H2,1-2H3,(H,16,17)(H,13,14,15). The van der Waals surface area contributed by atoms with Crippen LogP contribution in [0, 0.1) is 6.92 Å². The molecule has 2 N–H and O–H groups in total. The molecule has 0 atom stereocenters. The monoisotopic (exact) mass is 250 g/mol. The lowest BCUT2D eigenvalue weighted by molar-refractivity contribution is -0.119. The molecule has 98 valence electrons. The number of ether oxygens (including phenoxy) is 1. The van der Waals surface area contributed by atoms with Crippen LogP contribution in [-0.2, 0) is 4.79 Å². The van der Waals surface area contributed by atoms with Crippen molar-refractivity contribution in [3.8, 4) is 5.88 Å². The maximum Gasteiger partial charge on any atom is 0.239 e. The summed E-state index contributed by atoms with van der Waals surface area (Å²) in [7, 11) is 0. The van der Waals surface area contributed by atoms with E-state index >= 15 is 0 Å². The first kappa shape index (κ1) is 12.6. The zero-order chi connectivity index (χ0) is 13.0. The molecule has 1 aromatic rings. The average molecular weight is 250 g/mol. The number of carbonyl (C=O) groups excluding carboxylic acids is 1. The Kier molecular flexibility index (Phi) is 3.96. The maximum absolute atomic E-state index is 11.5. The first-order valence-electron chi connectivity index (χ1n) is 6.19. The number of amides is 1. The molecule has 1 amide bonds. The lowest BCUT2D eigenvalue weighted by Crippen LogP contribution is -2.31. The van der Waals surface area contributed by atoms with E-state index in [1.54, 1.807) is 13.0 Å². The number of nitrogens with one attached hydrogen (secondary N) is 2. The second-order valence-corrected chi connectivity index (χ2v) is 4.27. The largest absolute Gasteiger partial charge is 0.478 e. The third-order valence-electron chi connectivity index (χ3n) is 2.48. The molecule has 0 aromatic carbocycles. The SMILES string of the molecule is CCOc1cc(NCC(=O)NC2CC2)nc(C)n1. The van der Waals surface area contributed by atoms with Gasteiger partial charge in [0.1, 0.15) is 11.6 Å². The van der Waals surface area contributed by atoms with E-state index < -0.39 is 0 Å². The van der Waals surface area contributed by atoms with Gasteiger partial charge in [-0.1, -0.05) is 0 Å². The van der Waals surface area contributed by atoms with Gasteiger partial charge in [-0.25, -0.2) is 4.98 Å². The Balaban J connectivity index is 1.88. The number of aryl methyl sites for hydroxylation is 1. The van der Waals surface area contributed by atoms with Crippen LogP contribution in [0.15, 0.2) is 6.07 Å². The van der Waals surface area contributed by atoms with Crippen LogP contribution in [0.1, 0.15) is 25.6 Å². The summed E-state index contributed by atoms with van der Waals surface area (Å²) in [5, 5.41) is 5.88. The highest BCUT2D eigenvalue weighted by Crippen LogP contribution is 2.18. The van der Waals surface area contributed by atoms with E-state index in [4.69, 9.17) is 4.74 Å². The van der Waals surface area contributed by atoms with Gasteiger partial charge in [-0.05, 0) is 26.7 Å². The van der Waals surface area contributed by atoms with Crippen molar-refractivity contribution >= 4 is 11.7 Å². The summed E-state index contributed by atoms with van der Waals surface area (Å²) >= 11 is 0. The number of aromatic nitrogens is 2. The van der Waals surface area contributed by atoms with E-state index in [9.17, 15) is 4.79 Å². The predicted octanol–water partition coefficient (Wildman–Crippen LogP) is 0.874. The van der Waals surface area contributed by atoms with Gasteiger partial charge in [-0.3, -0.25) is 4.79 Å². The Morgan fingerprint density at radius 2 is 2.28 bits per heavy atom. The van der Waals surface area contributed by atoms with Crippen LogP contribution in [-0.4, -0.2) is 35.1 Å². The number of nitrogens with zero attached hydrogens (tertiary/aromatic N) is 2. The first-order valence-corrected chi connectivity index (χ1v) is 6.19. The van der Waals surface area contributed by atoms with E-state index in [2.05, 4.69) is 20.6 Å². The van der Waals surface area contributed by atoms with Crippen LogP contribution >= 0.6 is 0 Å². The second-order valence-electron chi connectivity index (χ2n) is 4.27. The molecule has 0 aliphatic heterocycles. The minimum atomic E-state index is -0.00766. The molecule has 1 aromatic heterocycles. The molecule has 2 rings (SSSR count). The minimum Gasteiger partial charge on any atom is -0.478 e. The Morgan fingerprint density at radius 1 is 1.50 bits per heavy atom. The van der Waals surface area contributed by atoms with Crippen LogP contribution < -0.4 is 15.4 Å². The van der Waals surface area contributed by atoms with Gasteiger partial charge in [0.2, 0.25) is 11.8 Å². The van der Waals surface area contributed by atoms with E-state index in [0.29, 0.717) is 30.2 Å². The first-order chi connectivity index (χ1) is 8.67. The number of rotatable bonds is 6. The van der Waals surface area contributed by atoms with Gasteiger partial charge in [0.25, 0.3) is 0 Å². The van der Waals surface area contributed by atoms with Crippen LogP contribution in [0.2, 0.25) is 0 Å². The van der Waals surface area contributed by atoms with Gasteiger partial charge < -0.3 is 15.4 Å². The zero-order valence-corrected chi connectivity index (χ0v) is 10.7. The van der Waals surface area contributed by atoms with Crippen LogP contribution in [0.25, 0.3) is 0 Å². The molecule has 1 fully saturated rings. The third kappa shape index (κ3) is 3.87. The molecule has 1 saturated carbocycles. The molecule has 6 heteroatoms. The number of hydrogen-bond donors (Lipinski definition) is 2. The summed E-state index contributed by atoms with van der Waals surface area (Å²) in [6, 6.07) is 2.08. The van der Waals surface area contributed by atoms with Crippen LogP contribution in [0.3, 0.4) is 0 Å². The van der Waals surface area contributed by atoms with Crippen LogP contribution in [0.5, 0.6) is 5.88 Å². The van der Waals surface area contributed by atoms with Crippen molar-refractivity contribution in [2.45, 2.75) is 32.7 Å². The highest BCUT2D eigenvalue weighted by Gasteiger charge is 2.22. The second kappa shape index (κ2) is 5.66. The highest BCUT2D eigenvalue weighted by atomic mass is 16.5. The highest BCUT2D eigenvalue weighted by molar-refractivity contribution is 5.80. The van der Waals surface area contributed by atoms with Gasteiger partial charge in [-0.2, -0.15) is 4.98 Å². The predicted molar refractivity (Wildman–Crippen MR) is 67.6 cm³/mol. The molecule has 6 nitrogen and oxygen atoms in total. The van der Waals surface area contributed by atoms with Gasteiger partial charge in [0, 0.05) is 12.1 Å². The van der Waals surface area contributed by atoms with Gasteiger partial charge in [0.15, 0.2) is 0 Å². The average Bonchev–Trinajstić information content (AvgIpc) is 3.10. The number of anilines is 1. The zero-order valence-electron chi connectivity index (χ0n) is 10.7. The van der Waals surface area contributed by atoms with Gasteiger partial charge in [0.05, 0.1) is 13.2 Å². The molecule has 1 heterocycles. The summed E-state index contributed by atoms with van der Waals surface area (Å²) in [5.41, 5.74) is 0. The van der Waals surface area contributed by atoms with E-state index in [-0.39, 0.29) is 12.5 Å². The fraction of sp³-hybridized carbons (Fsp3) is 0.583. The molecule has 0 bridgehead atoms. The fourth-order valence-corrected chi connectivity index (χ4v) is 1.53. The van der Waals surface area contributed by atoms with Crippen molar-refractivity contribution in [1.82, 2.24) is 15.3 Å². The quantitative estimate of drug-likeness (QED) is 0.783. The molecule has 0 radical (unpaired) electrons. The van der Waals surface area contributed by atoms with Gasteiger partial charge >= 0.3 is 0 Å². The minimum absolute atomic E-state index is 0.00766. The van der Waals surface area contributed by atoms with E-state index in [0.717, 1.165) is 12.8 Å². The smallest absolute Gasteiger partial charge is 0.239 e. The summed E-state index contributed by atoms with van der Waals surface area (Å²) in [6.45, 7) is 4.46. The molecule has 1 aliphatic rings. The summed E-state index contributed by atoms with van der Waals surface area (Å²) < 4.78 is 5.32. The van der Waals surface area contributed by atoms with Crippen molar-refractivity contribution in [3.63, 3.8) is 0 Å². The topological polar surface area (TPSA) is 76.1 Å². The van der Waals surface area contributed by atoms with E-state index in [1.165, 1.54) is 0 Å². The van der Waals surface area contributed by atoms with E-state index in [1.807, 2.05) is 6.92 Å². The van der Waals surface area contributed by atoms with Crippen molar-refractivity contribution < 1.29 is 9.53 Å². The third-order valence-corrected chi connectivity index (χ3v) is 2.48. The molecule has 0 unspecified atom stereocenters. The fourth-order valence-electron chi connectivity index (χ4n) is 1.53.